The van der Waals surface area contributed by atoms with Crippen molar-refractivity contribution < 1.29 is 28.5 Å². The van der Waals surface area contributed by atoms with Crippen LogP contribution >= 0.6 is 0 Å². The van der Waals surface area contributed by atoms with Crippen LogP contribution in [0, 0.1) is 0 Å². The number of carbonyl (C=O) groups is 2. The van der Waals surface area contributed by atoms with Crippen LogP contribution in [0.5, 0.6) is 0 Å². The van der Waals surface area contributed by atoms with Crippen molar-refractivity contribution in [2.75, 3.05) is 13.2 Å². The minimum Gasteiger partial charge on any atom is -0.461 e. The van der Waals surface area contributed by atoms with Crippen LogP contribution in [0.25, 0.3) is 0 Å². The molecule has 2 unspecified atom stereocenters. The number of amidine groups is 1. The summed E-state index contributed by atoms with van der Waals surface area (Å²) in [5, 5.41) is 0. The number of hydrogen-bond donors (Lipinski definition) is 1. The van der Waals surface area contributed by atoms with Crippen molar-refractivity contribution >= 4 is 18.0 Å². The number of ether oxygens (including phenoxy) is 4. The van der Waals surface area contributed by atoms with Crippen molar-refractivity contribution in [2.45, 2.75) is 45.1 Å². The minimum atomic E-state index is -0.795. The number of aliphatic imine (C=N–C) groups is 1. The van der Waals surface area contributed by atoms with E-state index in [1.54, 1.807) is 6.92 Å². The fourth-order valence-corrected chi connectivity index (χ4v) is 2.09. The van der Waals surface area contributed by atoms with Gasteiger partial charge in [0.05, 0.1) is 12.7 Å². The van der Waals surface area contributed by atoms with Crippen molar-refractivity contribution in [1.29, 1.82) is 0 Å². The molecule has 0 aromatic carbocycles. The SMILES string of the molecule is C=CCOC(N)=NC1C(OC(C)=O)[C@@H](OC(C)=O)CO[C@H]1C. The van der Waals surface area contributed by atoms with E-state index >= 15 is 0 Å². The molecule has 1 saturated heterocycles. The number of nitrogens with zero attached hydrogens (tertiary/aromatic N) is 1. The zero-order valence-corrected chi connectivity index (χ0v) is 13.0. The van der Waals surface area contributed by atoms with Crippen LogP contribution in [0.1, 0.15) is 20.8 Å². The Hall–Kier alpha value is -2.09. The highest BCUT2D eigenvalue weighted by Gasteiger charge is 2.43. The number of carbonyl (C=O) groups excluding carboxylic acids is 2. The molecule has 124 valence electrons. The predicted molar refractivity (Wildman–Crippen MR) is 78.1 cm³/mol. The molecule has 8 heteroatoms. The topological polar surface area (TPSA) is 109 Å². The van der Waals surface area contributed by atoms with E-state index in [0.717, 1.165) is 0 Å². The van der Waals surface area contributed by atoms with Crippen molar-refractivity contribution in [1.82, 2.24) is 0 Å². The van der Waals surface area contributed by atoms with Crippen molar-refractivity contribution in [2.24, 2.45) is 10.7 Å². The van der Waals surface area contributed by atoms with E-state index in [9.17, 15) is 9.59 Å². The van der Waals surface area contributed by atoms with Crippen LogP contribution in [-0.4, -0.2) is 55.5 Å². The van der Waals surface area contributed by atoms with Gasteiger partial charge < -0.3 is 24.7 Å². The zero-order valence-electron chi connectivity index (χ0n) is 13.0. The minimum absolute atomic E-state index is 0.0824. The molecule has 1 aliphatic heterocycles. The fourth-order valence-electron chi connectivity index (χ4n) is 2.09. The van der Waals surface area contributed by atoms with Gasteiger partial charge in [-0.2, -0.15) is 0 Å². The van der Waals surface area contributed by atoms with E-state index in [1.807, 2.05) is 0 Å². The second-order valence-corrected chi connectivity index (χ2v) is 4.82. The van der Waals surface area contributed by atoms with Crippen molar-refractivity contribution in [3.8, 4) is 0 Å². The molecule has 1 fully saturated rings. The van der Waals surface area contributed by atoms with Crippen LogP contribution in [0.3, 0.4) is 0 Å². The second-order valence-electron chi connectivity index (χ2n) is 4.82. The summed E-state index contributed by atoms with van der Waals surface area (Å²) in [5.74, 6) is -1.01. The molecule has 8 nitrogen and oxygen atoms in total. The first-order valence-electron chi connectivity index (χ1n) is 6.88. The second kappa shape index (κ2) is 8.38. The summed E-state index contributed by atoms with van der Waals surface area (Å²) in [6.45, 7) is 8.11. The lowest BCUT2D eigenvalue weighted by Crippen LogP contribution is -2.54. The van der Waals surface area contributed by atoms with Gasteiger partial charge in [0, 0.05) is 13.8 Å². The Kier molecular flexibility index (Phi) is 6.84. The van der Waals surface area contributed by atoms with Crippen LogP contribution in [-0.2, 0) is 28.5 Å². The number of hydrogen-bond acceptors (Lipinski definition) is 7. The number of esters is 2. The Morgan fingerprint density at radius 3 is 2.55 bits per heavy atom. The summed E-state index contributed by atoms with van der Waals surface area (Å²) >= 11 is 0. The maximum absolute atomic E-state index is 11.3. The standard InChI is InChI=1S/C14H22N2O6/c1-5-6-19-14(15)16-12-8(2)20-7-11(21-9(3)17)13(12)22-10(4)18/h5,8,11-13H,1,6-7H2,2-4H3,(H2,15,16)/t8-,11-,12?,13?/m0/s1. The quantitative estimate of drug-likeness (QED) is 0.333. The molecular formula is C14H22N2O6. The van der Waals surface area contributed by atoms with E-state index in [-0.39, 0.29) is 25.3 Å². The number of rotatable bonds is 5. The highest BCUT2D eigenvalue weighted by molar-refractivity contribution is 5.72. The molecule has 2 N–H and O–H groups in total. The molecule has 0 amide bonds. The fraction of sp³-hybridized carbons (Fsp3) is 0.643. The third kappa shape index (κ3) is 5.36. The smallest absolute Gasteiger partial charge is 0.303 e. The van der Waals surface area contributed by atoms with Gasteiger partial charge in [0.25, 0.3) is 6.02 Å². The molecule has 0 saturated carbocycles. The summed E-state index contributed by atoms with van der Waals surface area (Å²) in [4.78, 5) is 26.7. The first kappa shape index (κ1) is 18.0. The van der Waals surface area contributed by atoms with Crippen molar-refractivity contribution in [3.05, 3.63) is 12.7 Å². The summed E-state index contributed by atoms with van der Waals surface area (Å²) in [6.07, 6.45) is -0.411. The van der Waals surface area contributed by atoms with E-state index in [0.29, 0.717) is 0 Å². The molecule has 0 spiro atoms. The van der Waals surface area contributed by atoms with Crippen LogP contribution in [0.4, 0.5) is 0 Å². The van der Waals surface area contributed by atoms with Gasteiger partial charge in [0.2, 0.25) is 0 Å². The van der Waals surface area contributed by atoms with Gasteiger partial charge in [0.15, 0.2) is 12.2 Å². The molecule has 0 aliphatic carbocycles. The summed E-state index contributed by atoms with van der Waals surface area (Å²) < 4.78 is 21.0. The lowest BCUT2D eigenvalue weighted by molar-refractivity contribution is -0.189. The third-order valence-electron chi connectivity index (χ3n) is 2.95. The average molecular weight is 314 g/mol. The third-order valence-corrected chi connectivity index (χ3v) is 2.95. The lowest BCUT2D eigenvalue weighted by atomic mass is 9.98. The Balaban J connectivity index is 2.96. The van der Waals surface area contributed by atoms with Gasteiger partial charge in [0.1, 0.15) is 12.6 Å². The highest BCUT2D eigenvalue weighted by atomic mass is 16.6. The van der Waals surface area contributed by atoms with E-state index in [2.05, 4.69) is 11.6 Å². The lowest BCUT2D eigenvalue weighted by Gasteiger charge is -2.38. The molecule has 0 radical (unpaired) electrons. The van der Waals surface area contributed by atoms with Gasteiger partial charge in [-0.25, -0.2) is 4.99 Å². The summed E-state index contributed by atoms with van der Waals surface area (Å²) in [7, 11) is 0. The van der Waals surface area contributed by atoms with Gasteiger partial charge in [-0.1, -0.05) is 12.7 Å². The van der Waals surface area contributed by atoms with Crippen molar-refractivity contribution in [3.63, 3.8) is 0 Å². The Morgan fingerprint density at radius 2 is 2.00 bits per heavy atom. The van der Waals surface area contributed by atoms with Crippen LogP contribution in [0.15, 0.2) is 17.6 Å². The Morgan fingerprint density at radius 1 is 1.36 bits per heavy atom. The molecular weight excluding hydrogens is 292 g/mol. The predicted octanol–water partition coefficient (Wildman–Crippen LogP) is 0.154. The summed E-state index contributed by atoms with van der Waals surface area (Å²) in [5.41, 5.74) is 5.67. The average Bonchev–Trinajstić information content (AvgIpc) is 2.42. The van der Waals surface area contributed by atoms with Gasteiger partial charge in [-0.15, -0.1) is 0 Å². The molecule has 22 heavy (non-hydrogen) atoms. The molecule has 0 aromatic rings. The van der Waals surface area contributed by atoms with E-state index in [4.69, 9.17) is 24.7 Å². The van der Waals surface area contributed by atoms with E-state index < -0.39 is 30.2 Å². The monoisotopic (exact) mass is 314 g/mol. The zero-order chi connectivity index (χ0) is 16.7. The first-order chi connectivity index (χ1) is 10.3. The van der Waals surface area contributed by atoms with E-state index in [1.165, 1.54) is 19.9 Å². The molecule has 0 aromatic heterocycles. The Bertz CT molecular complexity index is 451. The molecule has 1 rings (SSSR count). The van der Waals surface area contributed by atoms with Gasteiger partial charge >= 0.3 is 11.9 Å². The molecule has 1 aliphatic rings. The van der Waals surface area contributed by atoms with Crippen LogP contribution < -0.4 is 5.73 Å². The van der Waals surface area contributed by atoms with Gasteiger partial charge in [-0.3, -0.25) is 9.59 Å². The first-order valence-corrected chi connectivity index (χ1v) is 6.88. The largest absolute Gasteiger partial charge is 0.461 e. The molecule has 1 heterocycles. The molecule has 4 atom stereocenters. The van der Waals surface area contributed by atoms with Gasteiger partial charge in [-0.05, 0) is 6.92 Å². The normalized spacial score (nSPS) is 28.6. The maximum Gasteiger partial charge on any atom is 0.303 e. The van der Waals surface area contributed by atoms with Crippen LogP contribution in [0.2, 0.25) is 0 Å². The number of nitrogens with two attached hydrogens (primary N) is 1. The Labute approximate surface area is 129 Å². The maximum atomic E-state index is 11.3. The summed E-state index contributed by atoms with van der Waals surface area (Å²) in [6, 6.07) is -0.729. The molecule has 0 bridgehead atoms. The highest BCUT2D eigenvalue weighted by Crippen LogP contribution is 2.24.